The van der Waals surface area contributed by atoms with Gasteiger partial charge in [0.2, 0.25) is 5.43 Å². The smallest absolute Gasteiger partial charge is 0.341 e. The molecule has 5 atom stereocenters. The molecule has 2 saturated carbocycles. The Labute approximate surface area is 170 Å². The van der Waals surface area contributed by atoms with Crippen LogP contribution in [0.3, 0.4) is 0 Å². The van der Waals surface area contributed by atoms with Crippen LogP contribution in [0.5, 0.6) is 0 Å². The number of halogens is 3. The van der Waals surface area contributed by atoms with Gasteiger partial charge < -0.3 is 20.3 Å². The fraction of sp³-hybridized carbons (Fsp3) is 0.524. The SMILES string of the molecule is Cc1c(N2C[C@H]3[C@@H](CF)C[C@@]3(N)C2)c(F)cc2c(=O)c(C(=O)O)cn(C3C[C@@H]3F)c12. The van der Waals surface area contributed by atoms with Gasteiger partial charge in [0.15, 0.2) is 0 Å². The number of aryl methyl sites for hydroxylation is 1. The third kappa shape index (κ3) is 2.54. The number of anilines is 1. The molecule has 2 aliphatic carbocycles. The number of nitrogens with two attached hydrogens (primary N) is 1. The number of aromatic nitrogens is 1. The molecule has 0 spiro atoms. The Morgan fingerprint density at radius 3 is 2.73 bits per heavy atom. The number of hydrogen-bond acceptors (Lipinski definition) is 4. The van der Waals surface area contributed by atoms with Crippen molar-refractivity contribution >= 4 is 22.6 Å². The van der Waals surface area contributed by atoms with E-state index in [0.29, 0.717) is 30.6 Å². The second-order valence-electron chi connectivity index (χ2n) is 8.97. The minimum Gasteiger partial charge on any atom is -0.477 e. The Balaban J connectivity index is 1.69. The Kier molecular flexibility index (Phi) is 4.03. The molecule has 160 valence electrons. The number of alkyl halides is 2. The van der Waals surface area contributed by atoms with Crippen LogP contribution in [0.15, 0.2) is 17.1 Å². The van der Waals surface area contributed by atoms with E-state index in [2.05, 4.69) is 0 Å². The number of pyridine rings is 1. The van der Waals surface area contributed by atoms with Gasteiger partial charge in [-0.05, 0) is 30.9 Å². The predicted octanol–water partition coefficient (Wildman–Crippen LogP) is 2.55. The number of hydrogen-bond donors (Lipinski definition) is 2. The summed E-state index contributed by atoms with van der Waals surface area (Å²) in [5, 5.41) is 9.29. The summed E-state index contributed by atoms with van der Waals surface area (Å²) in [5.41, 5.74) is 5.53. The van der Waals surface area contributed by atoms with Gasteiger partial charge in [-0.3, -0.25) is 9.18 Å². The van der Waals surface area contributed by atoms with Crippen LogP contribution >= 0.6 is 0 Å². The summed E-state index contributed by atoms with van der Waals surface area (Å²) in [5.74, 6) is -2.32. The summed E-state index contributed by atoms with van der Waals surface area (Å²) in [6.07, 6.45) is 0.755. The summed E-state index contributed by atoms with van der Waals surface area (Å²) in [6.45, 7) is 1.95. The van der Waals surface area contributed by atoms with Gasteiger partial charge in [-0.25, -0.2) is 13.6 Å². The molecule has 30 heavy (non-hydrogen) atoms. The summed E-state index contributed by atoms with van der Waals surface area (Å²) in [6, 6.07) is 0.448. The summed E-state index contributed by atoms with van der Waals surface area (Å²) < 4.78 is 43.8. The lowest BCUT2D eigenvalue weighted by molar-refractivity contribution is 0.0629. The molecule has 1 aliphatic heterocycles. The number of aromatic carboxylic acids is 1. The van der Waals surface area contributed by atoms with E-state index < -0.39 is 47.2 Å². The number of benzene rings is 1. The van der Waals surface area contributed by atoms with E-state index in [1.807, 2.05) is 0 Å². The maximum atomic E-state index is 15.2. The van der Waals surface area contributed by atoms with Gasteiger partial charge in [-0.2, -0.15) is 0 Å². The standard InChI is InChI=1S/C21H22F3N3O3/c1-9-17-11(19(28)12(20(29)30)6-27(17)16-3-14(16)23)2-15(24)18(9)26-7-13-10(5-22)4-21(13,25)8-26/h2,6,10,13-14,16H,3-5,7-8,25H2,1H3,(H,29,30)/t10-,13+,14+,16?,21-/m1/s1. The fourth-order valence-corrected chi connectivity index (χ4v) is 5.51. The fourth-order valence-electron chi connectivity index (χ4n) is 5.51. The van der Waals surface area contributed by atoms with Crippen LogP contribution in [0.1, 0.15) is 34.8 Å². The number of carbonyl (C=O) groups is 1. The van der Waals surface area contributed by atoms with E-state index in [1.165, 1.54) is 4.57 Å². The second kappa shape index (κ2) is 6.23. The van der Waals surface area contributed by atoms with E-state index in [1.54, 1.807) is 11.8 Å². The van der Waals surface area contributed by atoms with Gasteiger partial charge in [0.25, 0.3) is 0 Å². The normalized spacial score (nSPS) is 32.2. The number of fused-ring (bicyclic) bond motifs is 2. The van der Waals surface area contributed by atoms with Crippen molar-refractivity contribution in [1.82, 2.24) is 4.57 Å². The Morgan fingerprint density at radius 2 is 2.13 bits per heavy atom. The highest BCUT2D eigenvalue weighted by Crippen LogP contribution is 2.50. The highest BCUT2D eigenvalue weighted by atomic mass is 19.1. The topological polar surface area (TPSA) is 88.6 Å². The predicted molar refractivity (Wildman–Crippen MR) is 105 cm³/mol. The number of rotatable bonds is 4. The third-order valence-electron chi connectivity index (χ3n) is 7.11. The maximum Gasteiger partial charge on any atom is 0.341 e. The van der Waals surface area contributed by atoms with Crippen LogP contribution in [-0.4, -0.2) is 47.1 Å². The van der Waals surface area contributed by atoms with Gasteiger partial charge in [0, 0.05) is 42.6 Å². The van der Waals surface area contributed by atoms with Crippen molar-refractivity contribution in [3.8, 4) is 0 Å². The Hall–Kier alpha value is -2.55. The summed E-state index contributed by atoms with van der Waals surface area (Å²) in [7, 11) is 0. The molecule has 2 aromatic rings. The quantitative estimate of drug-likeness (QED) is 0.792. The highest BCUT2D eigenvalue weighted by Gasteiger charge is 2.57. The molecule has 1 aromatic heterocycles. The minimum atomic E-state index is -1.44. The Bertz CT molecular complexity index is 1150. The first-order chi connectivity index (χ1) is 14.2. The van der Waals surface area contributed by atoms with Crippen LogP contribution in [0.4, 0.5) is 18.9 Å². The van der Waals surface area contributed by atoms with Crippen LogP contribution < -0.4 is 16.1 Å². The molecule has 9 heteroatoms. The van der Waals surface area contributed by atoms with Gasteiger partial charge in [0.1, 0.15) is 17.6 Å². The lowest BCUT2D eigenvalue weighted by atomic mass is 9.62. The first kappa shape index (κ1) is 19.4. The zero-order valence-corrected chi connectivity index (χ0v) is 16.4. The largest absolute Gasteiger partial charge is 0.477 e. The van der Waals surface area contributed by atoms with Crippen molar-refractivity contribution < 1.29 is 23.1 Å². The zero-order chi connectivity index (χ0) is 21.5. The molecule has 3 aliphatic rings. The van der Waals surface area contributed by atoms with E-state index in [4.69, 9.17) is 5.73 Å². The molecule has 0 amide bonds. The van der Waals surface area contributed by atoms with Crippen molar-refractivity contribution in [3.05, 3.63) is 39.4 Å². The molecule has 1 unspecified atom stereocenters. The molecule has 1 aromatic carbocycles. The van der Waals surface area contributed by atoms with Gasteiger partial charge in [-0.15, -0.1) is 0 Å². The lowest BCUT2D eigenvalue weighted by Crippen LogP contribution is -2.60. The first-order valence-electron chi connectivity index (χ1n) is 10.0. The molecular formula is C21H22F3N3O3. The highest BCUT2D eigenvalue weighted by molar-refractivity contribution is 5.95. The number of nitrogens with zero attached hydrogens (tertiary/aromatic N) is 2. The van der Waals surface area contributed by atoms with E-state index in [9.17, 15) is 23.5 Å². The van der Waals surface area contributed by atoms with E-state index in [0.717, 1.165) is 12.3 Å². The average molecular weight is 421 g/mol. The van der Waals surface area contributed by atoms with Crippen molar-refractivity contribution in [3.63, 3.8) is 0 Å². The van der Waals surface area contributed by atoms with Gasteiger partial charge in [0.05, 0.1) is 23.9 Å². The first-order valence-corrected chi connectivity index (χ1v) is 10.0. The van der Waals surface area contributed by atoms with Crippen LogP contribution in [0.2, 0.25) is 0 Å². The minimum absolute atomic E-state index is 0.0766. The third-order valence-corrected chi connectivity index (χ3v) is 7.11. The molecule has 6 nitrogen and oxygen atoms in total. The molecule has 3 N–H and O–H groups in total. The summed E-state index contributed by atoms with van der Waals surface area (Å²) >= 11 is 0. The lowest BCUT2D eigenvalue weighted by Gasteiger charge is -2.46. The summed E-state index contributed by atoms with van der Waals surface area (Å²) in [4.78, 5) is 26.0. The van der Waals surface area contributed by atoms with Crippen LogP contribution in [0.25, 0.3) is 10.9 Å². The monoisotopic (exact) mass is 421 g/mol. The molecular weight excluding hydrogens is 399 g/mol. The van der Waals surface area contributed by atoms with Crippen molar-refractivity contribution in [2.24, 2.45) is 17.6 Å². The Morgan fingerprint density at radius 1 is 1.43 bits per heavy atom. The molecule has 0 radical (unpaired) electrons. The maximum absolute atomic E-state index is 15.2. The molecule has 3 fully saturated rings. The van der Waals surface area contributed by atoms with Gasteiger partial charge >= 0.3 is 5.97 Å². The van der Waals surface area contributed by atoms with Crippen molar-refractivity contribution in [1.29, 1.82) is 0 Å². The molecule has 5 rings (SSSR count). The van der Waals surface area contributed by atoms with Crippen LogP contribution in [0, 0.1) is 24.6 Å². The van der Waals surface area contributed by atoms with Gasteiger partial charge in [-0.1, -0.05) is 0 Å². The van der Waals surface area contributed by atoms with E-state index >= 15 is 4.39 Å². The van der Waals surface area contributed by atoms with Crippen LogP contribution in [-0.2, 0) is 0 Å². The number of carboxylic acid groups (broad SMARTS) is 1. The molecule has 1 saturated heterocycles. The zero-order valence-electron chi connectivity index (χ0n) is 16.4. The van der Waals surface area contributed by atoms with Crippen molar-refractivity contribution in [2.45, 2.75) is 37.5 Å². The number of carboxylic acids is 1. The van der Waals surface area contributed by atoms with E-state index in [-0.39, 0.29) is 29.3 Å². The average Bonchev–Trinajstić information content (AvgIpc) is 3.34. The second-order valence-corrected chi connectivity index (χ2v) is 8.97. The molecule has 0 bridgehead atoms. The van der Waals surface area contributed by atoms with Crippen molar-refractivity contribution in [2.75, 3.05) is 24.7 Å². The molecule has 2 heterocycles.